The molecule has 0 unspecified atom stereocenters. The monoisotopic (exact) mass is 570 g/mol. The molecule has 0 aliphatic carbocycles. The van der Waals surface area contributed by atoms with Crippen LogP contribution in [0.5, 0.6) is 5.75 Å². The highest BCUT2D eigenvalue weighted by Gasteiger charge is 2.37. The Morgan fingerprint density at radius 3 is 2.45 bits per heavy atom. The zero-order valence-electron chi connectivity index (χ0n) is 19.7. The van der Waals surface area contributed by atoms with Crippen LogP contribution >= 0.6 is 15.9 Å². The van der Waals surface area contributed by atoms with E-state index in [0.29, 0.717) is 15.8 Å². The quantitative estimate of drug-likeness (QED) is 0.232. The summed E-state index contributed by atoms with van der Waals surface area (Å²) >= 11 is 3.41. The summed E-state index contributed by atoms with van der Waals surface area (Å²) in [6, 6.07) is 23.4. The molecule has 8 nitrogen and oxygen atoms in total. The minimum absolute atomic E-state index is 0.00687. The number of anilines is 1. The molecule has 1 saturated heterocycles. The maximum Gasteiger partial charge on any atom is 0.335 e. The van der Waals surface area contributed by atoms with Crippen LogP contribution in [0.4, 0.5) is 10.5 Å². The fraction of sp³-hybridized carbons (Fsp3) is 0.0345. The average molecular weight is 571 g/mol. The Labute approximate surface area is 225 Å². The first-order valence-electron chi connectivity index (χ1n) is 11.5. The summed E-state index contributed by atoms with van der Waals surface area (Å²) in [6.07, 6.45) is 1.37. The van der Waals surface area contributed by atoms with E-state index in [2.05, 4.69) is 21.2 Å². The van der Waals surface area contributed by atoms with Gasteiger partial charge >= 0.3 is 12.0 Å². The largest absolute Gasteiger partial charge is 0.488 e. The third-order valence-electron chi connectivity index (χ3n) is 6.01. The smallest absolute Gasteiger partial charge is 0.335 e. The Hall–Kier alpha value is -4.76. The predicted molar refractivity (Wildman–Crippen MR) is 145 cm³/mol. The molecule has 1 aliphatic rings. The molecular formula is C29H19BrN2O6. The summed E-state index contributed by atoms with van der Waals surface area (Å²) in [4.78, 5) is 50.4. The van der Waals surface area contributed by atoms with Crippen molar-refractivity contribution in [3.63, 3.8) is 0 Å². The highest BCUT2D eigenvalue weighted by atomic mass is 79.9. The standard InChI is InChI=1S/C29H19BrN2O6/c30-21-10-13-25(38-16-19-6-3-5-17-4-1-2-7-23(17)19)20(14-21)15-24-26(33)31-29(37)32(27(24)34)22-11-8-18(9-12-22)28(35)36/h1-15H,16H2,(H,35,36)(H,31,33,37)/b24-15+. The molecule has 2 N–H and O–H groups in total. The number of aromatic carboxylic acids is 1. The number of ether oxygens (including phenoxy) is 1. The first-order chi connectivity index (χ1) is 18.3. The zero-order valence-corrected chi connectivity index (χ0v) is 21.3. The van der Waals surface area contributed by atoms with E-state index in [1.807, 2.05) is 42.5 Å². The van der Waals surface area contributed by atoms with Gasteiger partial charge in [-0.15, -0.1) is 0 Å². The van der Waals surface area contributed by atoms with Gasteiger partial charge in [0.25, 0.3) is 11.8 Å². The van der Waals surface area contributed by atoms with Crippen LogP contribution in [0.25, 0.3) is 16.8 Å². The van der Waals surface area contributed by atoms with E-state index < -0.39 is 23.8 Å². The lowest BCUT2D eigenvalue weighted by Gasteiger charge is -2.26. The van der Waals surface area contributed by atoms with Crippen LogP contribution in [-0.2, 0) is 16.2 Å². The van der Waals surface area contributed by atoms with Gasteiger partial charge in [-0.3, -0.25) is 14.9 Å². The van der Waals surface area contributed by atoms with Crippen LogP contribution in [0.3, 0.4) is 0 Å². The van der Waals surface area contributed by atoms with Crippen LogP contribution in [0.2, 0.25) is 0 Å². The molecule has 0 aromatic heterocycles. The van der Waals surface area contributed by atoms with E-state index in [-0.39, 0.29) is 23.4 Å². The molecule has 0 atom stereocenters. The summed E-state index contributed by atoms with van der Waals surface area (Å²) in [6.45, 7) is 0.250. The lowest BCUT2D eigenvalue weighted by Crippen LogP contribution is -2.54. The molecule has 5 rings (SSSR count). The number of hydrogen-bond donors (Lipinski definition) is 2. The number of hydrogen-bond acceptors (Lipinski definition) is 5. The third kappa shape index (κ3) is 4.91. The topological polar surface area (TPSA) is 113 Å². The highest BCUT2D eigenvalue weighted by Crippen LogP contribution is 2.29. The number of imide groups is 2. The second-order valence-electron chi connectivity index (χ2n) is 8.42. The van der Waals surface area contributed by atoms with Crippen molar-refractivity contribution >= 4 is 62.3 Å². The summed E-state index contributed by atoms with van der Waals surface area (Å²) in [7, 11) is 0. The van der Waals surface area contributed by atoms with Crippen molar-refractivity contribution in [1.82, 2.24) is 5.32 Å². The van der Waals surface area contributed by atoms with Crippen molar-refractivity contribution in [3.05, 3.63) is 112 Å². The van der Waals surface area contributed by atoms with E-state index in [1.54, 1.807) is 18.2 Å². The number of amides is 4. The first-order valence-corrected chi connectivity index (χ1v) is 12.2. The summed E-state index contributed by atoms with van der Waals surface area (Å²) < 4.78 is 6.82. The van der Waals surface area contributed by atoms with E-state index in [1.165, 1.54) is 30.3 Å². The number of carboxylic acid groups (broad SMARTS) is 1. The molecule has 4 aromatic carbocycles. The Kier molecular flexibility index (Phi) is 6.76. The Bertz CT molecular complexity index is 1640. The number of nitrogens with zero attached hydrogens (tertiary/aromatic N) is 1. The molecule has 4 aromatic rings. The van der Waals surface area contributed by atoms with Gasteiger partial charge in [-0.05, 0) is 64.9 Å². The van der Waals surface area contributed by atoms with Crippen LogP contribution in [0.15, 0.2) is 95.0 Å². The first kappa shape index (κ1) is 24.9. The average Bonchev–Trinajstić information content (AvgIpc) is 2.90. The number of fused-ring (bicyclic) bond motifs is 1. The number of urea groups is 1. The normalized spacial score (nSPS) is 14.6. The second kappa shape index (κ2) is 10.3. The van der Waals surface area contributed by atoms with E-state index in [0.717, 1.165) is 21.2 Å². The van der Waals surface area contributed by atoms with Gasteiger partial charge in [-0.2, -0.15) is 0 Å². The number of benzene rings is 4. The van der Waals surface area contributed by atoms with Crippen molar-refractivity contribution in [3.8, 4) is 5.75 Å². The lowest BCUT2D eigenvalue weighted by molar-refractivity contribution is -0.122. The Morgan fingerprint density at radius 1 is 0.947 bits per heavy atom. The van der Waals surface area contributed by atoms with Crippen molar-refractivity contribution in [2.24, 2.45) is 0 Å². The SMILES string of the molecule is O=C1NC(=O)N(c2ccc(C(=O)O)cc2)C(=O)/C1=C/c1cc(Br)ccc1OCc1cccc2ccccc12. The number of carbonyl (C=O) groups is 4. The third-order valence-corrected chi connectivity index (χ3v) is 6.50. The van der Waals surface area contributed by atoms with Crippen LogP contribution in [0.1, 0.15) is 21.5 Å². The number of halogens is 1. The fourth-order valence-corrected chi connectivity index (χ4v) is 4.52. The molecule has 188 valence electrons. The van der Waals surface area contributed by atoms with Crippen LogP contribution < -0.4 is 15.0 Å². The summed E-state index contributed by atoms with van der Waals surface area (Å²) in [5, 5.41) is 13.4. The van der Waals surface area contributed by atoms with E-state index >= 15 is 0 Å². The number of nitrogens with one attached hydrogen (secondary N) is 1. The number of barbiturate groups is 1. The van der Waals surface area contributed by atoms with Crippen LogP contribution in [-0.4, -0.2) is 28.9 Å². The van der Waals surface area contributed by atoms with Crippen LogP contribution in [0, 0.1) is 0 Å². The molecule has 1 heterocycles. The minimum Gasteiger partial charge on any atom is -0.488 e. The van der Waals surface area contributed by atoms with Crippen molar-refractivity contribution in [2.75, 3.05) is 4.90 Å². The van der Waals surface area contributed by atoms with Gasteiger partial charge in [0.1, 0.15) is 17.9 Å². The maximum atomic E-state index is 13.3. The van der Waals surface area contributed by atoms with Gasteiger partial charge in [0, 0.05) is 10.0 Å². The molecule has 1 fully saturated rings. The Morgan fingerprint density at radius 2 is 1.68 bits per heavy atom. The molecule has 1 aliphatic heterocycles. The van der Waals surface area contributed by atoms with Gasteiger partial charge in [-0.25, -0.2) is 14.5 Å². The minimum atomic E-state index is -1.15. The zero-order chi connectivity index (χ0) is 26.8. The second-order valence-corrected chi connectivity index (χ2v) is 9.33. The van der Waals surface area contributed by atoms with Crippen molar-refractivity contribution in [2.45, 2.75) is 6.61 Å². The van der Waals surface area contributed by atoms with Crippen molar-refractivity contribution in [1.29, 1.82) is 0 Å². The molecule has 0 radical (unpaired) electrons. The summed E-state index contributed by atoms with van der Waals surface area (Å²) in [5.74, 6) is -2.41. The number of carboxylic acids is 1. The molecular weight excluding hydrogens is 552 g/mol. The molecule has 9 heteroatoms. The molecule has 0 spiro atoms. The van der Waals surface area contributed by atoms with Gasteiger partial charge in [0.15, 0.2) is 0 Å². The maximum absolute atomic E-state index is 13.3. The van der Waals surface area contributed by atoms with Gasteiger partial charge in [-0.1, -0.05) is 58.4 Å². The van der Waals surface area contributed by atoms with Gasteiger partial charge < -0.3 is 9.84 Å². The fourth-order valence-electron chi connectivity index (χ4n) is 4.14. The molecule has 4 amide bonds. The molecule has 0 bridgehead atoms. The summed E-state index contributed by atoms with van der Waals surface area (Å²) in [5.41, 5.74) is 1.26. The van der Waals surface area contributed by atoms with E-state index in [9.17, 15) is 19.2 Å². The predicted octanol–water partition coefficient (Wildman–Crippen LogP) is 5.55. The molecule has 38 heavy (non-hydrogen) atoms. The number of carbonyl (C=O) groups excluding carboxylic acids is 3. The Balaban J connectivity index is 1.47. The lowest BCUT2D eigenvalue weighted by atomic mass is 10.0. The highest BCUT2D eigenvalue weighted by molar-refractivity contribution is 9.10. The molecule has 0 saturated carbocycles. The van der Waals surface area contributed by atoms with E-state index in [4.69, 9.17) is 9.84 Å². The van der Waals surface area contributed by atoms with Gasteiger partial charge in [0.05, 0.1) is 11.3 Å². The van der Waals surface area contributed by atoms with Gasteiger partial charge in [0.2, 0.25) is 0 Å². The van der Waals surface area contributed by atoms with Crippen molar-refractivity contribution < 1.29 is 29.0 Å². The number of rotatable bonds is 6.